The SMILES string of the molecule is CC(C)CCC1CCN(C(=O)c2ccc(CN)cc2)CC1. The lowest BCUT2D eigenvalue weighted by Gasteiger charge is -2.32. The number of rotatable bonds is 5. The first-order valence-electron chi connectivity index (χ1n) is 8.18. The Bertz CT molecular complexity index is 445. The van der Waals surface area contributed by atoms with Gasteiger partial charge in [-0.05, 0) is 42.4 Å². The van der Waals surface area contributed by atoms with Crippen LogP contribution in [0.4, 0.5) is 0 Å². The van der Waals surface area contributed by atoms with E-state index in [4.69, 9.17) is 5.73 Å². The summed E-state index contributed by atoms with van der Waals surface area (Å²) in [4.78, 5) is 14.5. The van der Waals surface area contributed by atoms with E-state index in [1.54, 1.807) is 0 Å². The van der Waals surface area contributed by atoms with Crippen LogP contribution in [-0.2, 0) is 6.54 Å². The van der Waals surface area contributed by atoms with Crippen LogP contribution in [0.25, 0.3) is 0 Å². The van der Waals surface area contributed by atoms with E-state index >= 15 is 0 Å². The second-order valence-corrected chi connectivity index (χ2v) is 6.61. The molecular formula is C18H28N2O. The van der Waals surface area contributed by atoms with Crippen LogP contribution in [0.2, 0.25) is 0 Å². The number of likely N-dealkylation sites (tertiary alicyclic amines) is 1. The zero-order valence-corrected chi connectivity index (χ0v) is 13.3. The molecule has 116 valence electrons. The van der Waals surface area contributed by atoms with Crippen molar-refractivity contribution >= 4 is 5.91 Å². The summed E-state index contributed by atoms with van der Waals surface area (Å²) in [7, 11) is 0. The van der Waals surface area contributed by atoms with Gasteiger partial charge in [0.25, 0.3) is 5.91 Å². The van der Waals surface area contributed by atoms with Crippen LogP contribution in [0.1, 0.15) is 55.5 Å². The topological polar surface area (TPSA) is 46.3 Å². The van der Waals surface area contributed by atoms with Gasteiger partial charge in [-0.2, -0.15) is 0 Å². The predicted octanol–water partition coefficient (Wildman–Crippen LogP) is 3.43. The molecule has 1 aliphatic rings. The van der Waals surface area contributed by atoms with Gasteiger partial charge in [-0.15, -0.1) is 0 Å². The van der Waals surface area contributed by atoms with E-state index in [2.05, 4.69) is 13.8 Å². The highest BCUT2D eigenvalue weighted by Crippen LogP contribution is 2.24. The van der Waals surface area contributed by atoms with E-state index in [9.17, 15) is 4.79 Å². The number of carbonyl (C=O) groups excluding carboxylic acids is 1. The first kappa shape index (κ1) is 16.0. The normalized spacial score (nSPS) is 16.5. The summed E-state index contributed by atoms with van der Waals surface area (Å²) in [5.74, 6) is 1.75. The standard InChI is InChI=1S/C18H28N2O/c1-14(2)3-4-15-9-11-20(12-10-15)18(21)17-7-5-16(13-19)6-8-17/h5-8,14-15H,3-4,9-13,19H2,1-2H3. The van der Waals surface area contributed by atoms with Gasteiger partial charge in [0.05, 0.1) is 0 Å². The minimum atomic E-state index is 0.167. The lowest BCUT2D eigenvalue weighted by atomic mass is 9.89. The van der Waals surface area contributed by atoms with Crippen molar-refractivity contribution in [1.29, 1.82) is 0 Å². The van der Waals surface area contributed by atoms with Gasteiger partial charge in [0, 0.05) is 25.2 Å². The Labute approximate surface area is 128 Å². The first-order chi connectivity index (χ1) is 10.1. The zero-order valence-electron chi connectivity index (χ0n) is 13.3. The van der Waals surface area contributed by atoms with E-state index in [1.165, 1.54) is 12.8 Å². The van der Waals surface area contributed by atoms with E-state index in [0.717, 1.165) is 48.9 Å². The smallest absolute Gasteiger partial charge is 0.253 e. The second kappa shape index (κ2) is 7.60. The average Bonchev–Trinajstić information content (AvgIpc) is 2.53. The fourth-order valence-corrected chi connectivity index (χ4v) is 2.96. The third kappa shape index (κ3) is 4.57. The molecule has 0 atom stereocenters. The van der Waals surface area contributed by atoms with Crippen molar-refractivity contribution in [3.8, 4) is 0 Å². The number of amides is 1. The molecule has 21 heavy (non-hydrogen) atoms. The van der Waals surface area contributed by atoms with Gasteiger partial charge in [0.2, 0.25) is 0 Å². The van der Waals surface area contributed by atoms with E-state index in [1.807, 2.05) is 29.2 Å². The molecule has 1 aromatic carbocycles. The summed E-state index contributed by atoms with van der Waals surface area (Å²) in [6.07, 6.45) is 4.92. The fraction of sp³-hybridized carbons (Fsp3) is 0.611. The van der Waals surface area contributed by atoms with E-state index in [-0.39, 0.29) is 5.91 Å². The van der Waals surface area contributed by atoms with Gasteiger partial charge in [-0.3, -0.25) is 4.79 Å². The Morgan fingerprint density at radius 1 is 1.24 bits per heavy atom. The Morgan fingerprint density at radius 2 is 1.86 bits per heavy atom. The van der Waals surface area contributed by atoms with Gasteiger partial charge < -0.3 is 10.6 Å². The minimum Gasteiger partial charge on any atom is -0.339 e. The molecule has 3 heteroatoms. The summed E-state index contributed by atoms with van der Waals surface area (Å²) >= 11 is 0. The summed E-state index contributed by atoms with van der Waals surface area (Å²) in [5.41, 5.74) is 7.44. The molecule has 1 fully saturated rings. The maximum Gasteiger partial charge on any atom is 0.253 e. The summed E-state index contributed by atoms with van der Waals surface area (Å²) < 4.78 is 0. The van der Waals surface area contributed by atoms with Crippen LogP contribution >= 0.6 is 0 Å². The molecule has 1 aliphatic heterocycles. The van der Waals surface area contributed by atoms with E-state index < -0.39 is 0 Å². The molecule has 0 radical (unpaired) electrons. The highest BCUT2D eigenvalue weighted by atomic mass is 16.2. The number of hydrogen-bond donors (Lipinski definition) is 1. The molecule has 0 bridgehead atoms. The number of hydrogen-bond acceptors (Lipinski definition) is 2. The zero-order chi connectivity index (χ0) is 15.2. The number of nitrogens with two attached hydrogens (primary N) is 1. The summed E-state index contributed by atoms with van der Waals surface area (Å²) in [6, 6.07) is 7.69. The van der Waals surface area contributed by atoms with Crippen LogP contribution in [0.3, 0.4) is 0 Å². The van der Waals surface area contributed by atoms with Gasteiger partial charge in [0.15, 0.2) is 0 Å². The van der Waals surface area contributed by atoms with Crippen molar-refractivity contribution in [1.82, 2.24) is 4.90 Å². The van der Waals surface area contributed by atoms with Crippen LogP contribution in [0, 0.1) is 11.8 Å². The largest absolute Gasteiger partial charge is 0.339 e. The average molecular weight is 288 g/mol. The monoisotopic (exact) mass is 288 g/mol. The molecule has 0 unspecified atom stereocenters. The molecule has 0 aliphatic carbocycles. The third-order valence-corrected chi connectivity index (χ3v) is 4.49. The minimum absolute atomic E-state index is 0.167. The maximum absolute atomic E-state index is 12.5. The summed E-state index contributed by atoms with van der Waals surface area (Å²) in [5, 5.41) is 0. The Kier molecular flexibility index (Phi) is 5.80. The molecule has 1 saturated heterocycles. The third-order valence-electron chi connectivity index (χ3n) is 4.49. The van der Waals surface area contributed by atoms with Crippen LogP contribution in [-0.4, -0.2) is 23.9 Å². The van der Waals surface area contributed by atoms with Gasteiger partial charge in [-0.25, -0.2) is 0 Å². The van der Waals surface area contributed by atoms with Crippen molar-refractivity contribution in [3.63, 3.8) is 0 Å². The molecular weight excluding hydrogens is 260 g/mol. The van der Waals surface area contributed by atoms with Gasteiger partial charge in [0.1, 0.15) is 0 Å². The van der Waals surface area contributed by atoms with Crippen LogP contribution in [0.5, 0.6) is 0 Å². The summed E-state index contributed by atoms with van der Waals surface area (Å²) in [6.45, 7) is 6.89. The van der Waals surface area contributed by atoms with Crippen LogP contribution in [0.15, 0.2) is 24.3 Å². The van der Waals surface area contributed by atoms with Gasteiger partial charge in [-0.1, -0.05) is 38.8 Å². The first-order valence-corrected chi connectivity index (χ1v) is 8.18. The number of nitrogens with zero attached hydrogens (tertiary/aromatic N) is 1. The van der Waals surface area contributed by atoms with E-state index in [0.29, 0.717) is 6.54 Å². The Hall–Kier alpha value is -1.35. The molecule has 0 spiro atoms. The molecule has 0 aromatic heterocycles. The fourth-order valence-electron chi connectivity index (χ4n) is 2.96. The Morgan fingerprint density at radius 3 is 2.38 bits per heavy atom. The molecule has 1 amide bonds. The Balaban J connectivity index is 1.84. The lowest BCUT2D eigenvalue weighted by molar-refractivity contribution is 0.0684. The van der Waals surface area contributed by atoms with Crippen molar-refractivity contribution in [3.05, 3.63) is 35.4 Å². The lowest BCUT2D eigenvalue weighted by Crippen LogP contribution is -2.38. The number of benzene rings is 1. The molecule has 2 N–H and O–H groups in total. The number of piperidine rings is 1. The van der Waals surface area contributed by atoms with Crippen molar-refractivity contribution in [2.24, 2.45) is 17.6 Å². The highest BCUT2D eigenvalue weighted by molar-refractivity contribution is 5.94. The molecule has 3 nitrogen and oxygen atoms in total. The predicted molar refractivity (Wildman–Crippen MR) is 87.0 cm³/mol. The second-order valence-electron chi connectivity index (χ2n) is 6.61. The van der Waals surface area contributed by atoms with Crippen molar-refractivity contribution in [2.45, 2.75) is 46.1 Å². The highest BCUT2D eigenvalue weighted by Gasteiger charge is 2.23. The molecule has 0 saturated carbocycles. The molecule has 1 heterocycles. The van der Waals surface area contributed by atoms with Gasteiger partial charge >= 0.3 is 0 Å². The van der Waals surface area contributed by atoms with Crippen LogP contribution < -0.4 is 5.73 Å². The quantitative estimate of drug-likeness (QED) is 0.902. The van der Waals surface area contributed by atoms with Crippen molar-refractivity contribution < 1.29 is 4.79 Å². The molecule has 2 rings (SSSR count). The maximum atomic E-state index is 12.5. The van der Waals surface area contributed by atoms with Crippen molar-refractivity contribution in [2.75, 3.05) is 13.1 Å². The molecule has 1 aromatic rings. The number of carbonyl (C=O) groups is 1.